The van der Waals surface area contributed by atoms with Crippen molar-refractivity contribution in [2.45, 2.75) is 53.0 Å². The fourth-order valence-electron chi connectivity index (χ4n) is 2.79. The van der Waals surface area contributed by atoms with Crippen LogP contribution >= 0.6 is 0 Å². The van der Waals surface area contributed by atoms with E-state index in [1.54, 1.807) is 0 Å². The summed E-state index contributed by atoms with van der Waals surface area (Å²) in [5, 5.41) is 3.74. The van der Waals surface area contributed by atoms with Gasteiger partial charge in [-0.15, -0.1) is 0 Å². The Hall–Kier alpha value is -0.980. The third-order valence-corrected chi connectivity index (χ3v) is 4.35. The molecule has 1 aliphatic rings. The van der Waals surface area contributed by atoms with Crippen LogP contribution in [0.2, 0.25) is 0 Å². The lowest BCUT2D eigenvalue weighted by Crippen LogP contribution is -2.30. The highest BCUT2D eigenvalue weighted by Gasteiger charge is 2.24. The van der Waals surface area contributed by atoms with Crippen LogP contribution < -0.4 is 5.32 Å². The minimum absolute atomic E-state index is 0.668. The van der Waals surface area contributed by atoms with Gasteiger partial charge < -0.3 is 5.32 Å². The quantitative estimate of drug-likeness (QED) is 0.788. The van der Waals surface area contributed by atoms with Crippen LogP contribution in [0, 0.1) is 25.7 Å². The summed E-state index contributed by atoms with van der Waals surface area (Å²) in [7, 11) is 0. The molecule has 1 fully saturated rings. The van der Waals surface area contributed by atoms with Crippen molar-refractivity contribution in [1.29, 1.82) is 0 Å². The molecular formula is C16H25N. The largest absolute Gasteiger partial charge is 0.382 e. The highest BCUT2D eigenvalue weighted by molar-refractivity contribution is 5.53. The van der Waals surface area contributed by atoms with Gasteiger partial charge in [-0.25, -0.2) is 0 Å². The van der Waals surface area contributed by atoms with E-state index in [2.05, 4.69) is 51.2 Å². The fourth-order valence-corrected chi connectivity index (χ4v) is 2.79. The van der Waals surface area contributed by atoms with Crippen molar-refractivity contribution in [1.82, 2.24) is 0 Å². The Kier molecular flexibility index (Phi) is 3.76. The maximum atomic E-state index is 3.74. The van der Waals surface area contributed by atoms with Gasteiger partial charge in [0, 0.05) is 11.7 Å². The van der Waals surface area contributed by atoms with Gasteiger partial charge in [0.1, 0.15) is 0 Å². The van der Waals surface area contributed by atoms with Crippen molar-refractivity contribution in [3.63, 3.8) is 0 Å². The first-order valence-corrected chi connectivity index (χ1v) is 6.90. The number of anilines is 1. The van der Waals surface area contributed by atoms with Crippen LogP contribution in [0.3, 0.4) is 0 Å². The van der Waals surface area contributed by atoms with Gasteiger partial charge in [0.15, 0.2) is 0 Å². The lowest BCUT2D eigenvalue weighted by atomic mass is 9.79. The Bertz CT molecular complexity index is 383. The van der Waals surface area contributed by atoms with Gasteiger partial charge in [0.25, 0.3) is 0 Å². The SMILES string of the molecule is Cc1ccc(C)c(NC2CCC(C)C(C)C2)c1. The van der Waals surface area contributed by atoms with Crippen molar-refractivity contribution in [3.8, 4) is 0 Å². The van der Waals surface area contributed by atoms with Crippen LogP contribution in [0.1, 0.15) is 44.2 Å². The summed E-state index contributed by atoms with van der Waals surface area (Å²) in [6, 6.07) is 7.35. The molecule has 1 saturated carbocycles. The van der Waals surface area contributed by atoms with Gasteiger partial charge in [0.2, 0.25) is 0 Å². The number of hydrogen-bond acceptors (Lipinski definition) is 1. The van der Waals surface area contributed by atoms with Gasteiger partial charge in [-0.1, -0.05) is 26.0 Å². The Balaban J connectivity index is 2.03. The number of aryl methyl sites for hydroxylation is 2. The lowest BCUT2D eigenvalue weighted by Gasteiger charge is -2.33. The maximum absolute atomic E-state index is 3.74. The lowest BCUT2D eigenvalue weighted by molar-refractivity contribution is 0.261. The van der Waals surface area contributed by atoms with Gasteiger partial charge in [-0.2, -0.15) is 0 Å². The zero-order valence-corrected chi connectivity index (χ0v) is 11.6. The summed E-state index contributed by atoms with van der Waals surface area (Å²) in [6.45, 7) is 9.13. The Morgan fingerprint density at radius 3 is 2.53 bits per heavy atom. The second-order valence-corrected chi connectivity index (χ2v) is 5.93. The number of rotatable bonds is 2. The van der Waals surface area contributed by atoms with E-state index in [0.717, 1.165) is 11.8 Å². The van der Waals surface area contributed by atoms with E-state index in [1.165, 1.54) is 36.1 Å². The van der Waals surface area contributed by atoms with E-state index in [1.807, 2.05) is 0 Å². The monoisotopic (exact) mass is 231 g/mol. The first kappa shape index (κ1) is 12.5. The minimum Gasteiger partial charge on any atom is -0.382 e. The second-order valence-electron chi connectivity index (χ2n) is 5.93. The van der Waals surface area contributed by atoms with E-state index >= 15 is 0 Å². The molecule has 0 aromatic heterocycles. The van der Waals surface area contributed by atoms with Gasteiger partial charge in [-0.05, 0) is 62.1 Å². The van der Waals surface area contributed by atoms with E-state index in [-0.39, 0.29) is 0 Å². The zero-order valence-electron chi connectivity index (χ0n) is 11.6. The van der Waals surface area contributed by atoms with Crippen molar-refractivity contribution in [2.75, 3.05) is 5.32 Å². The summed E-state index contributed by atoms with van der Waals surface area (Å²) in [5.41, 5.74) is 4.04. The molecule has 94 valence electrons. The van der Waals surface area contributed by atoms with Crippen molar-refractivity contribution >= 4 is 5.69 Å². The first-order valence-electron chi connectivity index (χ1n) is 6.90. The average Bonchev–Trinajstić information content (AvgIpc) is 2.29. The Morgan fingerprint density at radius 2 is 1.82 bits per heavy atom. The predicted octanol–water partition coefficient (Wildman–Crippen LogP) is 4.54. The standard InChI is InChI=1S/C16H25N/c1-11-5-6-13(3)16(9-11)17-15-8-7-12(2)14(4)10-15/h5-6,9,12,14-15,17H,7-8,10H2,1-4H3. The summed E-state index contributed by atoms with van der Waals surface area (Å²) in [6.07, 6.45) is 4.00. The molecule has 17 heavy (non-hydrogen) atoms. The summed E-state index contributed by atoms with van der Waals surface area (Å²) in [4.78, 5) is 0. The number of benzene rings is 1. The third-order valence-electron chi connectivity index (χ3n) is 4.35. The molecule has 1 N–H and O–H groups in total. The third kappa shape index (κ3) is 3.02. The van der Waals surface area contributed by atoms with Crippen LogP contribution in [0.5, 0.6) is 0 Å². The Labute approximate surface area is 106 Å². The minimum atomic E-state index is 0.668. The van der Waals surface area contributed by atoms with E-state index in [0.29, 0.717) is 6.04 Å². The second kappa shape index (κ2) is 5.12. The van der Waals surface area contributed by atoms with E-state index in [9.17, 15) is 0 Å². The molecule has 0 spiro atoms. The van der Waals surface area contributed by atoms with Gasteiger partial charge in [-0.3, -0.25) is 0 Å². The molecule has 1 heteroatoms. The van der Waals surface area contributed by atoms with Gasteiger partial charge >= 0.3 is 0 Å². The molecule has 1 nitrogen and oxygen atoms in total. The van der Waals surface area contributed by atoms with Crippen LogP contribution in [-0.2, 0) is 0 Å². The highest BCUT2D eigenvalue weighted by atomic mass is 14.9. The molecule has 0 aliphatic heterocycles. The maximum Gasteiger partial charge on any atom is 0.0374 e. The molecule has 0 amide bonds. The van der Waals surface area contributed by atoms with Crippen LogP contribution in [0.4, 0.5) is 5.69 Å². The Morgan fingerprint density at radius 1 is 1.06 bits per heavy atom. The molecular weight excluding hydrogens is 206 g/mol. The number of nitrogens with one attached hydrogen (secondary N) is 1. The average molecular weight is 231 g/mol. The number of hydrogen-bond donors (Lipinski definition) is 1. The summed E-state index contributed by atoms with van der Waals surface area (Å²) in [5.74, 6) is 1.75. The molecule has 3 atom stereocenters. The van der Waals surface area contributed by atoms with Gasteiger partial charge in [0.05, 0.1) is 0 Å². The normalized spacial score (nSPS) is 29.1. The zero-order chi connectivity index (χ0) is 12.4. The van der Waals surface area contributed by atoms with E-state index in [4.69, 9.17) is 0 Å². The molecule has 2 rings (SSSR count). The smallest absolute Gasteiger partial charge is 0.0374 e. The molecule has 0 saturated heterocycles. The van der Waals surface area contributed by atoms with E-state index < -0.39 is 0 Å². The molecule has 1 aliphatic carbocycles. The van der Waals surface area contributed by atoms with Crippen molar-refractivity contribution in [3.05, 3.63) is 29.3 Å². The fraction of sp³-hybridized carbons (Fsp3) is 0.625. The predicted molar refractivity (Wildman–Crippen MR) is 75.5 cm³/mol. The van der Waals surface area contributed by atoms with Crippen molar-refractivity contribution in [2.24, 2.45) is 11.8 Å². The van der Waals surface area contributed by atoms with Crippen LogP contribution in [-0.4, -0.2) is 6.04 Å². The first-order chi connectivity index (χ1) is 8.06. The molecule has 0 heterocycles. The summed E-state index contributed by atoms with van der Waals surface area (Å²) < 4.78 is 0. The molecule has 0 radical (unpaired) electrons. The molecule has 3 unspecified atom stereocenters. The van der Waals surface area contributed by atoms with Crippen LogP contribution in [0.25, 0.3) is 0 Å². The van der Waals surface area contributed by atoms with Crippen LogP contribution in [0.15, 0.2) is 18.2 Å². The molecule has 0 bridgehead atoms. The topological polar surface area (TPSA) is 12.0 Å². The summed E-state index contributed by atoms with van der Waals surface area (Å²) >= 11 is 0. The molecule has 1 aromatic carbocycles. The molecule has 1 aromatic rings. The van der Waals surface area contributed by atoms with Crippen molar-refractivity contribution < 1.29 is 0 Å². The highest BCUT2D eigenvalue weighted by Crippen LogP contribution is 2.31.